The number of rotatable bonds is 6. The molecule has 3 rings (SSSR count). The Hall–Kier alpha value is -3.28. The van der Waals surface area contributed by atoms with Gasteiger partial charge in [0.1, 0.15) is 11.4 Å². The number of aromatic nitrogens is 2. The summed E-state index contributed by atoms with van der Waals surface area (Å²) in [7, 11) is -2.18. The molecule has 0 aliphatic carbocycles. The highest BCUT2D eigenvalue weighted by Crippen LogP contribution is 2.25. The zero-order valence-electron chi connectivity index (χ0n) is 15.3. The van der Waals surface area contributed by atoms with Crippen molar-refractivity contribution in [2.24, 2.45) is 16.0 Å². The minimum Gasteiger partial charge on any atom is -0.497 e. The van der Waals surface area contributed by atoms with Gasteiger partial charge in [-0.25, -0.2) is 18.2 Å². The van der Waals surface area contributed by atoms with Crippen LogP contribution in [0.25, 0.3) is 16.9 Å². The number of methoxy groups -OCH3 is 1. The van der Waals surface area contributed by atoms with E-state index < -0.39 is 10.0 Å². The fraction of sp³-hybridized carbons (Fsp3) is 0.0556. The second-order valence-electron chi connectivity index (χ2n) is 5.88. The standard InChI is InChI=1S/C18H18N6O3S2/c1-27-15-6-2-12(3-7-15)17-13(10-21-22-18(19)28)11-24(23-17)14-4-8-16(9-5-14)29(20,25)26/h2-11H,1H3,(H3,19,22,28)(H2,20,25,26)/b21-10+. The largest absolute Gasteiger partial charge is 0.497 e. The fourth-order valence-corrected chi connectivity index (χ4v) is 3.11. The molecule has 29 heavy (non-hydrogen) atoms. The van der Waals surface area contributed by atoms with E-state index in [9.17, 15) is 8.42 Å². The molecule has 0 saturated carbocycles. The van der Waals surface area contributed by atoms with Gasteiger partial charge in [-0.3, -0.25) is 5.43 Å². The molecule has 0 atom stereocenters. The normalized spacial score (nSPS) is 11.5. The van der Waals surface area contributed by atoms with Gasteiger partial charge >= 0.3 is 0 Å². The lowest BCUT2D eigenvalue weighted by Gasteiger charge is -2.03. The molecule has 9 nitrogen and oxygen atoms in total. The Morgan fingerprint density at radius 2 is 1.86 bits per heavy atom. The molecule has 0 amide bonds. The Balaban J connectivity index is 2.03. The van der Waals surface area contributed by atoms with Crippen LogP contribution in [0.15, 0.2) is 64.7 Å². The minimum absolute atomic E-state index is 0.0197. The number of primary sulfonamides is 1. The number of sulfonamides is 1. The zero-order valence-corrected chi connectivity index (χ0v) is 16.9. The van der Waals surface area contributed by atoms with E-state index in [1.807, 2.05) is 24.3 Å². The Labute approximate surface area is 173 Å². The van der Waals surface area contributed by atoms with Crippen molar-refractivity contribution < 1.29 is 13.2 Å². The van der Waals surface area contributed by atoms with Gasteiger partial charge in [0.15, 0.2) is 5.11 Å². The number of nitrogens with zero attached hydrogens (tertiary/aromatic N) is 3. The predicted molar refractivity (Wildman–Crippen MR) is 114 cm³/mol. The zero-order chi connectivity index (χ0) is 21.0. The molecule has 11 heteroatoms. The van der Waals surface area contributed by atoms with Crippen LogP contribution < -0.4 is 21.0 Å². The molecule has 2 aromatic carbocycles. The summed E-state index contributed by atoms with van der Waals surface area (Å²) in [4.78, 5) is 0.0197. The van der Waals surface area contributed by atoms with Crippen molar-refractivity contribution in [1.82, 2.24) is 15.2 Å². The third kappa shape index (κ3) is 4.96. The molecular weight excluding hydrogens is 412 g/mol. The van der Waals surface area contributed by atoms with Crippen molar-refractivity contribution in [1.29, 1.82) is 0 Å². The second-order valence-corrected chi connectivity index (χ2v) is 7.88. The highest BCUT2D eigenvalue weighted by molar-refractivity contribution is 7.89. The molecule has 150 valence electrons. The maximum atomic E-state index is 11.4. The molecule has 0 fully saturated rings. The van der Waals surface area contributed by atoms with Crippen molar-refractivity contribution in [3.63, 3.8) is 0 Å². The lowest BCUT2D eigenvalue weighted by atomic mass is 10.1. The molecule has 1 heterocycles. The molecule has 3 aromatic rings. The molecule has 1 aromatic heterocycles. The Bertz CT molecular complexity index is 1150. The smallest absolute Gasteiger partial charge is 0.238 e. The first-order chi connectivity index (χ1) is 13.8. The molecule has 0 unspecified atom stereocenters. The molecule has 0 aliphatic heterocycles. The molecule has 0 aliphatic rings. The van der Waals surface area contributed by atoms with Crippen molar-refractivity contribution >= 4 is 33.6 Å². The molecular formula is C18H18N6O3S2. The number of benzene rings is 2. The Kier molecular flexibility index (Phi) is 5.92. The van der Waals surface area contributed by atoms with Crippen LogP contribution in [0.3, 0.4) is 0 Å². The van der Waals surface area contributed by atoms with Crippen LogP contribution >= 0.6 is 12.2 Å². The quantitative estimate of drug-likeness (QED) is 0.305. The average Bonchev–Trinajstić information content (AvgIpc) is 3.11. The third-order valence-electron chi connectivity index (χ3n) is 3.91. The average molecular weight is 431 g/mol. The van der Waals surface area contributed by atoms with Crippen LogP contribution in [-0.2, 0) is 10.0 Å². The summed E-state index contributed by atoms with van der Waals surface area (Å²) < 4.78 is 29.7. The number of hydrazone groups is 1. The summed E-state index contributed by atoms with van der Waals surface area (Å²) in [6.45, 7) is 0. The van der Waals surface area contributed by atoms with Crippen LogP contribution in [0, 0.1) is 0 Å². The third-order valence-corrected chi connectivity index (χ3v) is 4.93. The van der Waals surface area contributed by atoms with Gasteiger partial charge in [-0.2, -0.15) is 10.2 Å². The van der Waals surface area contributed by atoms with Crippen molar-refractivity contribution in [2.45, 2.75) is 4.90 Å². The number of thiocarbonyl (C=S) groups is 1. The minimum atomic E-state index is -3.77. The SMILES string of the molecule is COc1ccc(-c2nn(-c3ccc(S(N)(=O)=O)cc3)cc2/C=N/NC(N)=S)cc1. The van der Waals surface area contributed by atoms with E-state index in [0.29, 0.717) is 16.9 Å². The van der Waals surface area contributed by atoms with E-state index >= 15 is 0 Å². The number of ether oxygens (including phenoxy) is 1. The van der Waals surface area contributed by atoms with Gasteiger partial charge in [0.2, 0.25) is 10.0 Å². The summed E-state index contributed by atoms with van der Waals surface area (Å²) >= 11 is 4.75. The van der Waals surface area contributed by atoms with Gasteiger partial charge in [-0.1, -0.05) is 0 Å². The first-order valence-corrected chi connectivity index (χ1v) is 10.2. The van der Waals surface area contributed by atoms with Crippen molar-refractivity contribution in [2.75, 3.05) is 7.11 Å². The van der Waals surface area contributed by atoms with E-state index in [-0.39, 0.29) is 10.0 Å². The molecule has 0 bridgehead atoms. The number of hydrogen-bond donors (Lipinski definition) is 3. The maximum absolute atomic E-state index is 11.4. The van der Waals surface area contributed by atoms with E-state index in [1.54, 1.807) is 36.3 Å². The van der Waals surface area contributed by atoms with Crippen LogP contribution in [-0.4, -0.2) is 36.6 Å². The summed E-state index contributed by atoms with van der Waals surface area (Å²) in [5, 5.41) is 13.8. The molecule has 0 radical (unpaired) electrons. The molecule has 0 saturated heterocycles. The summed E-state index contributed by atoms with van der Waals surface area (Å²) in [5.74, 6) is 0.720. The van der Waals surface area contributed by atoms with Crippen LogP contribution in [0.5, 0.6) is 5.75 Å². The topological polar surface area (TPSA) is 138 Å². The van der Waals surface area contributed by atoms with Crippen molar-refractivity contribution in [3.8, 4) is 22.7 Å². The lowest BCUT2D eigenvalue weighted by Crippen LogP contribution is -2.24. The fourth-order valence-electron chi connectivity index (χ4n) is 2.54. The van der Waals surface area contributed by atoms with Gasteiger partial charge in [0, 0.05) is 17.3 Å². The van der Waals surface area contributed by atoms with E-state index in [0.717, 1.165) is 11.3 Å². The van der Waals surface area contributed by atoms with Crippen LogP contribution in [0.1, 0.15) is 5.56 Å². The monoisotopic (exact) mass is 430 g/mol. The van der Waals surface area contributed by atoms with E-state index in [2.05, 4.69) is 15.6 Å². The van der Waals surface area contributed by atoms with Gasteiger partial charge < -0.3 is 10.5 Å². The van der Waals surface area contributed by atoms with E-state index in [1.165, 1.54) is 12.1 Å². The van der Waals surface area contributed by atoms with Crippen LogP contribution in [0.2, 0.25) is 0 Å². The first kappa shape index (κ1) is 20.5. The molecule has 5 N–H and O–H groups in total. The number of nitrogens with one attached hydrogen (secondary N) is 1. The maximum Gasteiger partial charge on any atom is 0.238 e. The number of nitrogens with two attached hydrogens (primary N) is 2. The summed E-state index contributed by atoms with van der Waals surface area (Å²) in [6.07, 6.45) is 3.29. The Morgan fingerprint density at radius 3 is 2.41 bits per heavy atom. The van der Waals surface area contributed by atoms with E-state index in [4.69, 9.17) is 27.8 Å². The summed E-state index contributed by atoms with van der Waals surface area (Å²) in [5.41, 5.74) is 10.7. The predicted octanol–water partition coefficient (Wildman–Crippen LogP) is 1.36. The lowest BCUT2D eigenvalue weighted by molar-refractivity contribution is 0.415. The Morgan fingerprint density at radius 1 is 1.21 bits per heavy atom. The highest BCUT2D eigenvalue weighted by atomic mass is 32.2. The van der Waals surface area contributed by atoms with Crippen molar-refractivity contribution in [3.05, 3.63) is 60.3 Å². The van der Waals surface area contributed by atoms with Gasteiger partial charge in [0.05, 0.1) is 23.9 Å². The van der Waals surface area contributed by atoms with Gasteiger partial charge in [-0.05, 0) is 60.7 Å². The van der Waals surface area contributed by atoms with Crippen LogP contribution in [0.4, 0.5) is 0 Å². The highest BCUT2D eigenvalue weighted by Gasteiger charge is 2.13. The summed E-state index contributed by atoms with van der Waals surface area (Å²) in [6, 6.07) is 13.4. The van der Waals surface area contributed by atoms with Gasteiger partial charge in [0.25, 0.3) is 0 Å². The first-order valence-electron chi connectivity index (χ1n) is 8.24. The van der Waals surface area contributed by atoms with Gasteiger partial charge in [-0.15, -0.1) is 0 Å². The molecule has 0 spiro atoms. The second kappa shape index (κ2) is 8.39. The number of hydrogen-bond acceptors (Lipinski definition) is 6.